The summed E-state index contributed by atoms with van der Waals surface area (Å²) in [6.07, 6.45) is 0.734. The topological polar surface area (TPSA) is 81.4 Å². The van der Waals surface area contributed by atoms with Gasteiger partial charge in [-0.15, -0.1) is 10.2 Å². The van der Waals surface area contributed by atoms with Gasteiger partial charge in [-0.2, -0.15) is 0 Å². The number of fused-ring (bicyclic) bond motifs is 3. The van der Waals surface area contributed by atoms with E-state index in [4.69, 9.17) is 9.72 Å². The molecule has 0 fully saturated rings. The molecule has 2 heterocycles. The van der Waals surface area contributed by atoms with Crippen molar-refractivity contribution in [1.29, 1.82) is 0 Å². The van der Waals surface area contributed by atoms with Crippen molar-refractivity contribution in [1.82, 2.24) is 19.6 Å². The van der Waals surface area contributed by atoms with E-state index in [0.29, 0.717) is 18.1 Å². The van der Waals surface area contributed by atoms with E-state index in [1.54, 1.807) is 19.1 Å². The summed E-state index contributed by atoms with van der Waals surface area (Å²) in [6, 6.07) is 15.0. The Balaban J connectivity index is 1.76. The lowest BCUT2D eigenvalue weighted by Gasteiger charge is -2.11. The predicted octanol–water partition coefficient (Wildman–Crippen LogP) is 3.76. The number of esters is 1. The first-order valence-corrected chi connectivity index (χ1v) is 8.88. The third-order valence-electron chi connectivity index (χ3n) is 4.28. The zero-order valence-corrected chi connectivity index (χ0v) is 15.1. The van der Waals surface area contributed by atoms with Crippen LogP contribution in [0.2, 0.25) is 0 Å². The molecule has 1 N–H and O–H groups in total. The van der Waals surface area contributed by atoms with E-state index < -0.39 is 0 Å². The highest BCUT2D eigenvalue weighted by molar-refractivity contribution is 5.93. The third-order valence-corrected chi connectivity index (χ3v) is 4.28. The second-order valence-corrected chi connectivity index (χ2v) is 6.00. The van der Waals surface area contributed by atoms with Crippen molar-refractivity contribution in [2.45, 2.75) is 20.3 Å². The molecule has 136 valence electrons. The molecule has 0 amide bonds. The van der Waals surface area contributed by atoms with Crippen LogP contribution < -0.4 is 5.32 Å². The summed E-state index contributed by atoms with van der Waals surface area (Å²) in [5.74, 6) is 1.13. The highest BCUT2D eigenvalue weighted by Crippen LogP contribution is 2.24. The molecule has 7 nitrogen and oxygen atoms in total. The van der Waals surface area contributed by atoms with Gasteiger partial charge in [-0.3, -0.25) is 0 Å². The van der Waals surface area contributed by atoms with Crippen molar-refractivity contribution in [3.63, 3.8) is 0 Å². The Morgan fingerprint density at radius 3 is 2.59 bits per heavy atom. The van der Waals surface area contributed by atoms with Crippen LogP contribution in [0, 0.1) is 0 Å². The largest absolute Gasteiger partial charge is 0.462 e. The lowest BCUT2D eigenvalue weighted by Crippen LogP contribution is -2.06. The van der Waals surface area contributed by atoms with Crippen LogP contribution in [0.15, 0.2) is 48.5 Å². The predicted molar refractivity (Wildman–Crippen MR) is 103 cm³/mol. The first-order valence-electron chi connectivity index (χ1n) is 8.88. The molecule has 0 saturated carbocycles. The molecule has 0 radical (unpaired) electrons. The molecular weight excluding hydrogens is 342 g/mol. The van der Waals surface area contributed by atoms with E-state index in [1.807, 2.05) is 47.7 Å². The molecule has 0 bridgehead atoms. The second kappa shape index (κ2) is 7.03. The van der Waals surface area contributed by atoms with E-state index in [9.17, 15) is 4.79 Å². The van der Waals surface area contributed by atoms with Crippen LogP contribution >= 0.6 is 0 Å². The first kappa shape index (κ1) is 17.0. The maximum atomic E-state index is 11.8. The van der Waals surface area contributed by atoms with Crippen LogP contribution in [-0.4, -0.2) is 32.2 Å². The SMILES string of the molecule is CCOC(=O)c1ccc(Nc2nc3ccccc3c3nnc(CC)n23)cc1. The van der Waals surface area contributed by atoms with Crippen LogP contribution in [0.3, 0.4) is 0 Å². The third kappa shape index (κ3) is 3.08. The van der Waals surface area contributed by atoms with Gasteiger partial charge in [-0.1, -0.05) is 19.1 Å². The molecule has 0 aliphatic rings. The number of aryl methyl sites for hydroxylation is 1. The van der Waals surface area contributed by atoms with Gasteiger partial charge >= 0.3 is 5.97 Å². The molecule has 27 heavy (non-hydrogen) atoms. The Hall–Kier alpha value is -3.48. The van der Waals surface area contributed by atoms with E-state index in [-0.39, 0.29) is 5.97 Å². The lowest BCUT2D eigenvalue weighted by molar-refractivity contribution is 0.0526. The van der Waals surface area contributed by atoms with Crippen molar-refractivity contribution >= 4 is 34.2 Å². The molecule has 2 aromatic heterocycles. The maximum absolute atomic E-state index is 11.8. The molecule has 4 rings (SSSR count). The number of ether oxygens (including phenoxy) is 1. The number of carbonyl (C=O) groups is 1. The number of aromatic nitrogens is 4. The molecule has 0 spiro atoms. The minimum atomic E-state index is -0.331. The number of benzene rings is 2. The molecular formula is C20H19N5O2. The fraction of sp³-hybridized carbons (Fsp3) is 0.200. The van der Waals surface area contributed by atoms with Gasteiger partial charge in [0.15, 0.2) is 5.65 Å². The Morgan fingerprint density at radius 2 is 1.85 bits per heavy atom. The number of para-hydroxylation sites is 1. The number of hydrogen-bond donors (Lipinski definition) is 1. The van der Waals surface area contributed by atoms with E-state index in [0.717, 1.165) is 34.5 Å². The summed E-state index contributed by atoms with van der Waals surface area (Å²) in [5, 5.41) is 12.9. The van der Waals surface area contributed by atoms with Gasteiger partial charge in [0.05, 0.1) is 17.7 Å². The molecule has 4 aromatic rings. The van der Waals surface area contributed by atoms with Gasteiger partial charge in [0.25, 0.3) is 0 Å². The van der Waals surface area contributed by atoms with Gasteiger partial charge in [0.2, 0.25) is 5.95 Å². The Kier molecular flexibility index (Phi) is 4.42. The number of nitrogens with one attached hydrogen (secondary N) is 1. The fourth-order valence-electron chi connectivity index (χ4n) is 2.98. The molecule has 0 atom stereocenters. The van der Waals surface area contributed by atoms with Gasteiger partial charge < -0.3 is 10.1 Å². The van der Waals surface area contributed by atoms with Gasteiger partial charge in [-0.05, 0) is 43.3 Å². The summed E-state index contributed by atoms with van der Waals surface area (Å²) in [7, 11) is 0. The summed E-state index contributed by atoms with van der Waals surface area (Å²) in [5.41, 5.74) is 2.93. The minimum Gasteiger partial charge on any atom is -0.462 e. The van der Waals surface area contributed by atoms with Crippen molar-refractivity contribution in [2.24, 2.45) is 0 Å². The van der Waals surface area contributed by atoms with Crippen LogP contribution in [-0.2, 0) is 11.2 Å². The van der Waals surface area contributed by atoms with Crippen molar-refractivity contribution in [2.75, 3.05) is 11.9 Å². The van der Waals surface area contributed by atoms with E-state index >= 15 is 0 Å². The number of rotatable bonds is 5. The molecule has 7 heteroatoms. The molecule has 0 aliphatic heterocycles. The monoisotopic (exact) mass is 361 g/mol. The van der Waals surface area contributed by atoms with Crippen LogP contribution in [0.1, 0.15) is 30.0 Å². The second-order valence-electron chi connectivity index (χ2n) is 6.00. The van der Waals surface area contributed by atoms with Gasteiger partial charge in [0, 0.05) is 17.5 Å². The summed E-state index contributed by atoms with van der Waals surface area (Å²) >= 11 is 0. The Morgan fingerprint density at radius 1 is 1.07 bits per heavy atom. The summed E-state index contributed by atoms with van der Waals surface area (Å²) in [4.78, 5) is 16.6. The zero-order valence-electron chi connectivity index (χ0n) is 15.1. The summed E-state index contributed by atoms with van der Waals surface area (Å²) < 4.78 is 6.95. The summed E-state index contributed by atoms with van der Waals surface area (Å²) in [6.45, 7) is 4.17. The molecule has 0 aliphatic carbocycles. The molecule has 0 saturated heterocycles. The highest BCUT2D eigenvalue weighted by atomic mass is 16.5. The number of nitrogens with zero attached hydrogens (tertiary/aromatic N) is 4. The standard InChI is InChI=1S/C20H19N5O2/c1-3-17-23-24-18-15-7-5-6-8-16(15)22-20(25(17)18)21-14-11-9-13(10-12-14)19(26)27-4-2/h5-12H,3-4H2,1-2H3,(H,21,22). The van der Waals surface area contributed by atoms with Crippen LogP contribution in [0.4, 0.5) is 11.6 Å². The smallest absolute Gasteiger partial charge is 0.338 e. The quantitative estimate of drug-likeness (QED) is 0.545. The van der Waals surface area contributed by atoms with Gasteiger partial charge in [-0.25, -0.2) is 14.2 Å². The molecule has 2 aromatic carbocycles. The number of anilines is 2. The Bertz CT molecular complexity index is 1120. The fourth-order valence-corrected chi connectivity index (χ4v) is 2.98. The van der Waals surface area contributed by atoms with E-state index in [1.165, 1.54) is 0 Å². The normalized spacial score (nSPS) is 11.0. The highest BCUT2D eigenvalue weighted by Gasteiger charge is 2.14. The zero-order chi connectivity index (χ0) is 18.8. The average Bonchev–Trinajstić information content (AvgIpc) is 3.14. The van der Waals surface area contributed by atoms with Crippen LogP contribution in [0.25, 0.3) is 16.6 Å². The van der Waals surface area contributed by atoms with Crippen molar-refractivity contribution in [3.8, 4) is 0 Å². The van der Waals surface area contributed by atoms with E-state index in [2.05, 4.69) is 15.5 Å². The molecule has 0 unspecified atom stereocenters. The number of carbonyl (C=O) groups excluding carboxylic acids is 1. The first-order chi connectivity index (χ1) is 13.2. The van der Waals surface area contributed by atoms with Crippen molar-refractivity contribution < 1.29 is 9.53 Å². The lowest BCUT2D eigenvalue weighted by atomic mass is 10.2. The maximum Gasteiger partial charge on any atom is 0.338 e. The average molecular weight is 361 g/mol. The van der Waals surface area contributed by atoms with Gasteiger partial charge in [0.1, 0.15) is 5.82 Å². The van der Waals surface area contributed by atoms with Crippen molar-refractivity contribution in [3.05, 3.63) is 59.9 Å². The number of hydrogen-bond acceptors (Lipinski definition) is 6. The van der Waals surface area contributed by atoms with Crippen LogP contribution in [0.5, 0.6) is 0 Å². The minimum absolute atomic E-state index is 0.331. The Labute approximate surface area is 156 Å².